The van der Waals surface area contributed by atoms with E-state index in [1.807, 2.05) is 42.5 Å². The summed E-state index contributed by atoms with van der Waals surface area (Å²) >= 11 is 0. The molecule has 1 nitrogen and oxygen atoms in total. The lowest BCUT2D eigenvalue weighted by Gasteiger charge is -2.06. The van der Waals surface area contributed by atoms with Crippen LogP contribution in [0.5, 0.6) is 0 Å². The maximum Gasteiger partial charge on any atom is 0.145 e. The summed E-state index contributed by atoms with van der Waals surface area (Å²) in [5.74, 6) is 0. The summed E-state index contributed by atoms with van der Waals surface area (Å²) in [5.41, 5.74) is 1.25. The standard InChI is InChI=1S/C13H13OP/c1-11-7-9-13(10-8-11)15(14)12-5-3-2-4-6-12/h2-9H,10H2,1H3. The molecule has 0 aliphatic heterocycles. The van der Waals surface area contributed by atoms with Crippen LogP contribution in [0.4, 0.5) is 0 Å². The molecule has 0 heterocycles. The molecule has 0 saturated carbocycles. The summed E-state index contributed by atoms with van der Waals surface area (Å²) in [4.78, 5) is 12.1. The van der Waals surface area contributed by atoms with Crippen LogP contribution in [0.15, 0.2) is 54.1 Å². The van der Waals surface area contributed by atoms with Crippen LogP contribution < -0.4 is 10.2 Å². The van der Waals surface area contributed by atoms with Crippen LogP contribution in [-0.4, -0.2) is 5.29 Å². The predicted octanol–water partition coefficient (Wildman–Crippen LogP) is 2.15. The van der Waals surface area contributed by atoms with Gasteiger partial charge in [-0.05, 0) is 25.1 Å². The van der Waals surface area contributed by atoms with Crippen molar-refractivity contribution in [1.29, 1.82) is 0 Å². The second-order valence-electron chi connectivity index (χ2n) is 3.61. The van der Waals surface area contributed by atoms with E-state index in [0.29, 0.717) is 0 Å². The average Bonchev–Trinajstić information content (AvgIpc) is 2.30. The molecule has 76 valence electrons. The maximum atomic E-state index is 12.1. The number of allylic oxidation sites excluding steroid dienone is 4. The van der Waals surface area contributed by atoms with Gasteiger partial charge in [0.25, 0.3) is 0 Å². The third kappa shape index (κ3) is 2.44. The largest absolute Gasteiger partial charge is 0.626 e. The number of rotatable bonds is 1. The number of hydrogen-bond acceptors (Lipinski definition) is 1. The molecule has 0 amide bonds. The fourth-order valence-corrected chi connectivity index (χ4v) is 2.75. The minimum Gasteiger partial charge on any atom is -0.626 e. The molecule has 1 aliphatic carbocycles. The predicted molar refractivity (Wildman–Crippen MR) is 65.5 cm³/mol. The van der Waals surface area contributed by atoms with E-state index in [1.54, 1.807) is 0 Å². The first kappa shape index (κ1) is 10.4. The van der Waals surface area contributed by atoms with Gasteiger partial charge in [-0.15, -0.1) is 0 Å². The van der Waals surface area contributed by atoms with Crippen molar-refractivity contribution < 1.29 is 4.89 Å². The van der Waals surface area contributed by atoms with Crippen molar-refractivity contribution in [2.24, 2.45) is 0 Å². The van der Waals surface area contributed by atoms with Gasteiger partial charge in [0.15, 0.2) is 0 Å². The highest BCUT2D eigenvalue weighted by atomic mass is 31.1. The Morgan fingerprint density at radius 2 is 1.87 bits per heavy atom. The van der Waals surface area contributed by atoms with Crippen LogP contribution in [0.25, 0.3) is 0 Å². The van der Waals surface area contributed by atoms with E-state index < -0.39 is 7.77 Å². The van der Waals surface area contributed by atoms with Crippen LogP contribution in [0.1, 0.15) is 13.3 Å². The van der Waals surface area contributed by atoms with E-state index in [1.165, 1.54) is 5.57 Å². The van der Waals surface area contributed by atoms with E-state index in [9.17, 15) is 4.89 Å². The zero-order valence-corrected chi connectivity index (χ0v) is 9.58. The second kappa shape index (κ2) is 4.57. The molecule has 0 spiro atoms. The van der Waals surface area contributed by atoms with Crippen molar-refractivity contribution in [3.63, 3.8) is 0 Å². The van der Waals surface area contributed by atoms with Gasteiger partial charge in [-0.1, -0.05) is 35.9 Å². The molecule has 0 saturated heterocycles. The van der Waals surface area contributed by atoms with Crippen LogP contribution >= 0.6 is 7.77 Å². The van der Waals surface area contributed by atoms with Crippen LogP contribution in [0.2, 0.25) is 0 Å². The highest BCUT2D eigenvalue weighted by Gasteiger charge is 2.10. The lowest BCUT2D eigenvalue weighted by atomic mass is 10.1. The summed E-state index contributed by atoms with van der Waals surface area (Å²) in [5, 5.41) is 1.93. The van der Waals surface area contributed by atoms with E-state index in [-0.39, 0.29) is 0 Å². The second-order valence-corrected chi connectivity index (χ2v) is 5.29. The Bertz CT molecular complexity index is 441. The molecular formula is C13H13OP. The van der Waals surface area contributed by atoms with Crippen molar-refractivity contribution in [2.75, 3.05) is 0 Å². The zero-order chi connectivity index (χ0) is 10.7. The van der Waals surface area contributed by atoms with E-state index in [2.05, 4.69) is 13.0 Å². The van der Waals surface area contributed by atoms with Gasteiger partial charge in [-0.2, -0.15) is 0 Å². The van der Waals surface area contributed by atoms with Gasteiger partial charge in [0.1, 0.15) is 10.6 Å². The van der Waals surface area contributed by atoms with Gasteiger partial charge < -0.3 is 4.89 Å². The van der Waals surface area contributed by atoms with E-state index >= 15 is 0 Å². The quantitative estimate of drug-likeness (QED) is 0.659. The third-order valence-corrected chi connectivity index (χ3v) is 4.04. The van der Waals surface area contributed by atoms with Crippen molar-refractivity contribution >= 4 is 18.4 Å². The summed E-state index contributed by atoms with van der Waals surface area (Å²) in [7, 11) is -1.38. The van der Waals surface area contributed by atoms with Gasteiger partial charge >= 0.3 is 0 Å². The molecule has 2 heteroatoms. The summed E-state index contributed by atoms with van der Waals surface area (Å²) < 4.78 is 0. The summed E-state index contributed by atoms with van der Waals surface area (Å²) in [6.45, 7) is 2.06. The van der Waals surface area contributed by atoms with Gasteiger partial charge in [0.05, 0.1) is 7.77 Å². The van der Waals surface area contributed by atoms with E-state index in [0.717, 1.165) is 17.0 Å². The first-order valence-corrected chi connectivity index (χ1v) is 6.26. The number of benzene rings is 1. The Morgan fingerprint density at radius 1 is 1.13 bits per heavy atom. The molecule has 15 heavy (non-hydrogen) atoms. The van der Waals surface area contributed by atoms with Crippen molar-refractivity contribution in [3.8, 4) is 0 Å². The lowest BCUT2D eigenvalue weighted by molar-refractivity contribution is -0.149. The molecule has 0 N–H and O–H groups in total. The topological polar surface area (TPSA) is 23.1 Å². The highest BCUT2D eigenvalue weighted by Crippen LogP contribution is 2.20. The molecule has 2 rings (SSSR count). The SMILES string of the molecule is CC1=CC/C(=[P+](/[O-])c2ccccc2)C=C1. The molecule has 1 aromatic carbocycles. The van der Waals surface area contributed by atoms with Crippen LogP contribution in [0, 0.1) is 0 Å². The fourth-order valence-electron chi connectivity index (χ4n) is 1.51. The smallest absolute Gasteiger partial charge is 0.145 e. The summed E-state index contributed by atoms with van der Waals surface area (Å²) in [6, 6.07) is 9.64. The molecule has 0 bridgehead atoms. The molecule has 1 atom stereocenters. The molecule has 0 aromatic heterocycles. The Labute approximate surface area is 91.2 Å². The lowest BCUT2D eigenvalue weighted by Crippen LogP contribution is -2.11. The Kier molecular flexibility index (Phi) is 3.15. The van der Waals surface area contributed by atoms with Crippen molar-refractivity contribution in [2.45, 2.75) is 13.3 Å². The monoisotopic (exact) mass is 216 g/mol. The van der Waals surface area contributed by atoms with Crippen molar-refractivity contribution in [1.82, 2.24) is 0 Å². The first-order chi connectivity index (χ1) is 7.27. The molecule has 1 aromatic rings. The maximum absolute atomic E-state index is 12.1. The normalized spacial score (nSPS) is 18.7. The molecule has 1 unspecified atom stereocenters. The zero-order valence-electron chi connectivity index (χ0n) is 8.68. The first-order valence-electron chi connectivity index (χ1n) is 5.00. The Balaban J connectivity index is 2.32. The molecular weight excluding hydrogens is 203 g/mol. The minimum absolute atomic E-state index is 0.812. The molecule has 0 radical (unpaired) electrons. The van der Waals surface area contributed by atoms with Gasteiger partial charge in [0, 0.05) is 6.42 Å². The van der Waals surface area contributed by atoms with Gasteiger partial charge in [-0.3, -0.25) is 0 Å². The number of hydrogen-bond donors (Lipinski definition) is 0. The average molecular weight is 216 g/mol. The third-order valence-electron chi connectivity index (χ3n) is 2.42. The van der Waals surface area contributed by atoms with E-state index in [4.69, 9.17) is 0 Å². The molecule has 1 aliphatic rings. The Hall–Kier alpha value is -1.17. The highest BCUT2D eigenvalue weighted by molar-refractivity contribution is 7.60. The Morgan fingerprint density at radius 3 is 2.47 bits per heavy atom. The summed E-state index contributed by atoms with van der Waals surface area (Å²) in [6.07, 6.45) is 6.94. The fraction of sp³-hybridized carbons (Fsp3) is 0.154. The minimum atomic E-state index is -1.38. The van der Waals surface area contributed by atoms with Crippen LogP contribution in [-0.2, 0) is 0 Å². The van der Waals surface area contributed by atoms with Crippen LogP contribution in [0.3, 0.4) is 0 Å². The van der Waals surface area contributed by atoms with Crippen molar-refractivity contribution in [3.05, 3.63) is 54.1 Å². The van der Waals surface area contributed by atoms with Gasteiger partial charge in [-0.25, -0.2) is 0 Å². The van der Waals surface area contributed by atoms with Gasteiger partial charge in [0.2, 0.25) is 0 Å². The molecule has 0 fully saturated rings.